The molecule has 0 aromatic carbocycles. The van der Waals surface area contributed by atoms with Crippen LogP contribution in [0.3, 0.4) is 0 Å². The van der Waals surface area contributed by atoms with Gasteiger partial charge in [-0.25, -0.2) is 0 Å². The van der Waals surface area contributed by atoms with E-state index in [0.29, 0.717) is 12.8 Å². The average molecular weight is 225 g/mol. The molecule has 3 nitrogen and oxygen atoms in total. The minimum Gasteiger partial charge on any atom is -0.277 e. The predicted molar refractivity (Wildman–Crippen MR) is 63.8 cm³/mol. The van der Waals surface area contributed by atoms with E-state index < -0.39 is 5.54 Å². The number of likely N-dealkylation sites (tertiary alicyclic amines) is 1. The van der Waals surface area contributed by atoms with E-state index >= 15 is 0 Å². The van der Waals surface area contributed by atoms with Crippen molar-refractivity contribution in [1.82, 2.24) is 4.90 Å². The van der Waals surface area contributed by atoms with Gasteiger partial charge in [-0.05, 0) is 32.1 Å². The summed E-state index contributed by atoms with van der Waals surface area (Å²) in [7, 11) is 0. The standard InChI is InChI=1S/C13H23NO2/c1-12(2,3)9-7-10(15)14(11(16)8-9)13(4,5)6/h9H,7-8H2,1-6H3. The summed E-state index contributed by atoms with van der Waals surface area (Å²) in [6.07, 6.45) is 0.985. The Labute approximate surface area is 98.2 Å². The van der Waals surface area contributed by atoms with Gasteiger partial charge < -0.3 is 0 Å². The Morgan fingerprint density at radius 2 is 1.31 bits per heavy atom. The lowest BCUT2D eigenvalue weighted by molar-refractivity contribution is -0.157. The number of hydrogen-bond acceptors (Lipinski definition) is 2. The first-order valence-corrected chi connectivity index (χ1v) is 5.89. The van der Waals surface area contributed by atoms with Crippen LogP contribution in [0.15, 0.2) is 0 Å². The molecule has 0 aromatic rings. The molecule has 0 unspecified atom stereocenters. The zero-order chi connectivity index (χ0) is 12.7. The molecule has 0 N–H and O–H groups in total. The van der Waals surface area contributed by atoms with Crippen LogP contribution in [0.5, 0.6) is 0 Å². The molecule has 1 aliphatic rings. The molecular weight excluding hydrogens is 202 g/mol. The van der Waals surface area contributed by atoms with Gasteiger partial charge in [-0.15, -0.1) is 0 Å². The predicted octanol–water partition coefficient (Wildman–Crippen LogP) is 2.60. The highest BCUT2D eigenvalue weighted by Crippen LogP contribution is 2.37. The fourth-order valence-electron chi connectivity index (χ4n) is 2.18. The lowest BCUT2D eigenvalue weighted by atomic mass is 9.74. The fourth-order valence-corrected chi connectivity index (χ4v) is 2.18. The van der Waals surface area contributed by atoms with Gasteiger partial charge in [0.25, 0.3) is 0 Å². The van der Waals surface area contributed by atoms with E-state index in [9.17, 15) is 9.59 Å². The molecule has 0 bridgehead atoms. The van der Waals surface area contributed by atoms with Gasteiger partial charge in [-0.3, -0.25) is 14.5 Å². The Morgan fingerprint density at radius 3 is 1.56 bits per heavy atom. The summed E-state index contributed by atoms with van der Waals surface area (Å²) in [6, 6.07) is 0. The second-order valence-corrected chi connectivity index (χ2v) is 6.76. The van der Waals surface area contributed by atoms with Crippen LogP contribution in [-0.4, -0.2) is 22.3 Å². The zero-order valence-corrected chi connectivity index (χ0v) is 11.3. The monoisotopic (exact) mass is 225 g/mol. The van der Waals surface area contributed by atoms with E-state index in [4.69, 9.17) is 0 Å². The maximum atomic E-state index is 12.0. The highest BCUT2D eigenvalue weighted by atomic mass is 16.2. The van der Waals surface area contributed by atoms with Crippen LogP contribution >= 0.6 is 0 Å². The van der Waals surface area contributed by atoms with Crippen LogP contribution in [0.4, 0.5) is 0 Å². The van der Waals surface area contributed by atoms with Crippen molar-refractivity contribution in [2.24, 2.45) is 11.3 Å². The summed E-state index contributed by atoms with van der Waals surface area (Å²) in [5.41, 5.74) is -0.369. The van der Waals surface area contributed by atoms with E-state index in [1.807, 2.05) is 20.8 Å². The Bertz CT molecular complexity index is 289. The second-order valence-electron chi connectivity index (χ2n) is 6.76. The Hall–Kier alpha value is -0.860. The SMILES string of the molecule is CC(C)(C)C1CC(=O)N(C(C)(C)C)C(=O)C1. The van der Waals surface area contributed by atoms with Crippen molar-refractivity contribution in [1.29, 1.82) is 0 Å². The fraction of sp³-hybridized carbons (Fsp3) is 0.846. The van der Waals surface area contributed by atoms with Crippen molar-refractivity contribution in [3.05, 3.63) is 0 Å². The van der Waals surface area contributed by atoms with Gasteiger partial charge >= 0.3 is 0 Å². The molecule has 0 radical (unpaired) electrons. The van der Waals surface area contributed by atoms with E-state index in [-0.39, 0.29) is 23.1 Å². The molecule has 0 aliphatic carbocycles. The first-order valence-electron chi connectivity index (χ1n) is 5.89. The lowest BCUT2D eigenvalue weighted by Gasteiger charge is -2.42. The number of carbonyl (C=O) groups excluding carboxylic acids is 2. The van der Waals surface area contributed by atoms with Crippen molar-refractivity contribution in [3.63, 3.8) is 0 Å². The lowest BCUT2D eigenvalue weighted by Crippen LogP contribution is -2.54. The van der Waals surface area contributed by atoms with Gasteiger partial charge in [0.15, 0.2) is 0 Å². The van der Waals surface area contributed by atoms with Crippen molar-refractivity contribution in [3.8, 4) is 0 Å². The van der Waals surface area contributed by atoms with Gasteiger partial charge in [0, 0.05) is 18.4 Å². The van der Waals surface area contributed by atoms with E-state index in [1.165, 1.54) is 4.90 Å². The summed E-state index contributed by atoms with van der Waals surface area (Å²) in [5.74, 6) is 0.124. The minimum atomic E-state index is -0.392. The van der Waals surface area contributed by atoms with Gasteiger partial charge in [0.05, 0.1) is 0 Å². The smallest absolute Gasteiger partial charge is 0.229 e. The number of nitrogens with zero attached hydrogens (tertiary/aromatic N) is 1. The summed E-state index contributed by atoms with van der Waals surface area (Å²) < 4.78 is 0. The summed E-state index contributed by atoms with van der Waals surface area (Å²) >= 11 is 0. The number of hydrogen-bond donors (Lipinski definition) is 0. The van der Waals surface area contributed by atoms with Crippen molar-refractivity contribution in [2.75, 3.05) is 0 Å². The summed E-state index contributed by atoms with van der Waals surface area (Å²) in [4.78, 5) is 25.5. The molecule has 0 aromatic heterocycles. The average Bonchev–Trinajstić information content (AvgIpc) is 1.97. The van der Waals surface area contributed by atoms with Gasteiger partial charge in [0.2, 0.25) is 11.8 Å². The van der Waals surface area contributed by atoms with Gasteiger partial charge in [0.1, 0.15) is 0 Å². The molecule has 2 amide bonds. The van der Waals surface area contributed by atoms with Crippen LogP contribution in [0.1, 0.15) is 54.4 Å². The van der Waals surface area contributed by atoms with Crippen LogP contribution in [0, 0.1) is 11.3 Å². The quantitative estimate of drug-likeness (QED) is 0.594. The Balaban J connectivity index is 2.89. The third-order valence-electron chi connectivity index (χ3n) is 3.24. The first-order chi connectivity index (χ1) is 7.03. The second kappa shape index (κ2) is 3.86. The van der Waals surface area contributed by atoms with Crippen LogP contribution in [-0.2, 0) is 9.59 Å². The Morgan fingerprint density at radius 1 is 0.938 bits per heavy atom. The summed E-state index contributed by atoms with van der Waals surface area (Å²) in [5, 5.41) is 0. The van der Waals surface area contributed by atoms with E-state index in [0.717, 1.165) is 0 Å². The number of imide groups is 1. The minimum absolute atomic E-state index is 0.0231. The molecule has 1 fully saturated rings. The zero-order valence-electron chi connectivity index (χ0n) is 11.3. The van der Waals surface area contributed by atoms with Crippen molar-refractivity contribution in [2.45, 2.75) is 59.9 Å². The Kier molecular flexibility index (Phi) is 3.19. The van der Waals surface area contributed by atoms with Crippen molar-refractivity contribution >= 4 is 11.8 Å². The normalized spacial score (nSPS) is 20.5. The topological polar surface area (TPSA) is 37.4 Å². The van der Waals surface area contributed by atoms with Crippen molar-refractivity contribution < 1.29 is 9.59 Å². The van der Waals surface area contributed by atoms with Crippen LogP contribution in [0.2, 0.25) is 0 Å². The van der Waals surface area contributed by atoms with E-state index in [2.05, 4.69) is 20.8 Å². The third kappa shape index (κ3) is 2.63. The molecule has 0 atom stereocenters. The van der Waals surface area contributed by atoms with Crippen LogP contribution < -0.4 is 0 Å². The molecule has 1 saturated heterocycles. The van der Waals surface area contributed by atoms with Gasteiger partial charge in [-0.2, -0.15) is 0 Å². The van der Waals surface area contributed by atoms with Gasteiger partial charge in [-0.1, -0.05) is 20.8 Å². The molecule has 0 spiro atoms. The third-order valence-corrected chi connectivity index (χ3v) is 3.24. The number of piperidine rings is 1. The molecule has 1 rings (SSSR count). The van der Waals surface area contributed by atoms with E-state index in [1.54, 1.807) is 0 Å². The number of amides is 2. The molecule has 92 valence electrons. The molecule has 3 heteroatoms. The summed E-state index contributed by atoms with van der Waals surface area (Å²) in [6.45, 7) is 12.0. The maximum absolute atomic E-state index is 12.0. The highest BCUT2D eigenvalue weighted by Gasteiger charge is 2.42. The largest absolute Gasteiger partial charge is 0.277 e. The molecule has 16 heavy (non-hydrogen) atoms. The van der Waals surface area contributed by atoms with Crippen LogP contribution in [0.25, 0.3) is 0 Å². The molecule has 0 saturated carbocycles. The highest BCUT2D eigenvalue weighted by molar-refractivity contribution is 5.98. The maximum Gasteiger partial charge on any atom is 0.229 e. The molecule has 1 heterocycles. The first kappa shape index (κ1) is 13.2. The number of carbonyl (C=O) groups is 2. The molecule has 1 aliphatic heterocycles. The molecular formula is C13H23NO2. The number of rotatable bonds is 0.